The number of hydrogen-bond donors (Lipinski definition) is 2. The van der Waals surface area contributed by atoms with E-state index in [1.165, 1.54) is 0 Å². The number of amides is 1. The van der Waals surface area contributed by atoms with Crippen LogP contribution in [0.25, 0.3) is 11.0 Å². The summed E-state index contributed by atoms with van der Waals surface area (Å²) in [7, 11) is 1.57. The number of fused-ring (bicyclic) bond motifs is 1. The Morgan fingerprint density at radius 2 is 2.13 bits per heavy atom. The topological polar surface area (TPSA) is 100 Å². The highest BCUT2D eigenvalue weighted by molar-refractivity contribution is 5.92. The third-order valence-corrected chi connectivity index (χ3v) is 6.09. The molecule has 0 bridgehead atoms. The van der Waals surface area contributed by atoms with E-state index in [1.807, 2.05) is 25.3 Å². The van der Waals surface area contributed by atoms with Gasteiger partial charge in [-0.15, -0.1) is 0 Å². The summed E-state index contributed by atoms with van der Waals surface area (Å²) in [4.78, 5) is 37.8. The molecule has 3 aromatic rings. The summed E-state index contributed by atoms with van der Waals surface area (Å²) >= 11 is 0. The maximum absolute atomic E-state index is 12.2. The summed E-state index contributed by atoms with van der Waals surface area (Å²) in [6, 6.07) is 7.63. The van der Waals surface area contributed by atoms with E-state index in [9.17, 15) is 9.59 Å². The molecule has 0 radical (unpaired) electrons. The average Bonchev–Trinajstić information content (AvgIpc) is 2.79. The third kappa shape index (κ3) is 4.03. The van der Waals surface area contributed by atoms with Crippen LogP contribution in [0.3, 0.4) is 0 Å². The van der Waals surface area contributed by atoms with Crippen LogP contribution in [0.4, 0.5) is 0 Å². The van der Waals surface area contributed by atoms with Crippen LogP contribution in [0.5, 0.6) is 5.75 Å². The zero-order valence-electron chi connectivity index (χ0n) is 18.2. The summed E-state index contributed by atoms with van der Waals surface area (Å²) < 4.78 is 6.06. The Kier molecular flexibility index (Phi) is 5.73. The Morgan fingerprint density at radius 3 is 2.77 bits per heavy atom. The molecule has 0 saturated carbocycles. The zero-order valence-corrected chi connectivity index (χ0v) is 18.2. The first-order chi connectivity index (χ1) is 14.9. The van der Waals surface area contributed by atoms with Crippen molar-refractivity contribution in [2.45, 2.75) is 45.4 Å². The van der Waals surface area contributed by atoms with E-state index in [2.05, 4.69) is 39.0 Å². The summed E-state index contributed by atoms with van der Waals surface area (Å²) in [6.45, 7) is 6.99. The molecule has 1 saturated heterocycles. The van der Waals surface area contributed by atoms with Gasteiger partial charge < -0.3 is 15.0 Å². The first kappa shape index (κ1) is 21.0. The minimum atomic E-state index is -0.222. The number of rotatable bonds is 6. The molecule has 1 aliphatic heterocycles. The van der Waals surface area contributed by atoms with E-state index >= 15 is 0 Å². The molecule has 2 N–H and O–H groups in total. The number of nitrogens with zero attached hydrogens (tertiary/aromatic N) is 3. The molecule has 3 aromatic heterocycles. The maximum Gasteiger partial charge on any atom is 0.269 e. The number of pyridine rings is 3. The predicted octanol–water partition coefficient (Wildman–Crippen LogP) is 2.45. The molecule has 1 amide bonds. The maximum atomic E-state index is 12.2. The first-order valence-corrected chi connectivity index (χ1v) is 10.5. The minimum Gasteiger partial charge on any atom is -0.486 e. The van der Waals surface area contributed by atoms with Crippen molar-refractivity contribution >= 4 is 16.9 Å². The number of H-pyrrole nitrogens is 1. The van der Waals surface area contributed by atoms with E-state index < -0.39 is 0 Å². The molecule has 162 valence electrons. The molecule has 0 aliphatic carbocycles. The molecular formula is C23H27N5O3. The van der Waals surface area contributed by atoms with Crippen LogP contribution in [0.1, 0.15) is 48.4 Å². The van der Waals surface area contributed by atoms with E-state index in [0.29, 0.717) is 17.9 Å². The van der Waals surface area contributed by atoms with Crippen molar-refractivity contribution in [1.29, 1.82) is 0 Å². The van der Waals surface area contributed by atoms with E-state index in [1.54, 1.807) is 25.4 Å². The quantitative estimate of drug-likeness (QED) is 0.634. The lowest BCUT2D eigenvalue weighted by molar-refractivity contribution is -0.0596. The van der Waals surface area contributed by atoms with E-state index in [4.69, 9.17) is 4.74 Å². The fraction of sp³-hybridized carbons (Fsp3) is 0.391. The fourth-order valence-electron chi connectivity index (χ4n) is 3.96. The number of aryl methyl sites for hydroxylation is 1. The Bertz CT molecular complexity index is 1160. The molecule has 3 atom stereocenters. The van der Waals surface area contributed by atoms with Crippen LogP contribution in [-0.4, -0.2) is 51.5 Å². The van der Waals surface area contributed by atoms with Crippen molar-refractivity contribution in [3.8, 4) is 5.75 Å². The second kappa shape index (κ2) is 8.47. The van der Waals surface area contributed by atoms with Crippen molar-refractivity contribution in [3.05, 3.63) is 63.8 Å². The highest BCUT2D eigenvalue weighted by atomic mass is 16.5. The lowest BCUT2D eigenvalue weighted by Gasteiger charge is -2.49. The smallest absolute Gasteiger partial charge is 0.269 e. The fourth-order valence-corrected chi connectivity index (χ4v) is 3.96. The summed E-state index contributed by atoms with van der Waals surface area (Å²) in [5.41, 5.74) is 3.67. The number of aromatic amines is 1. The standard InChI is InChI=1S/C23H27N5O3/c1-5-15-8-19-20(27-22(15)29)9-16(10-25-19)13(2)28-12-21(14(28)3)31-17-6-7-18(26-11-17)23(30)24-4/h6-11,13-14,21H,5,12H2,1-4H3,(H,24,30)(H,27,29)/t13-,14+,21-/m0/s1. The number of nitrogens with one attached hydrogen (secondary N) is 2. The first-order valence-electron chi connectivity index (χ1n) is 10.5. The molecule has 1 fully saturated rings. The van der Waals surface area contributed by atoms with Gasteiger partial charge in [0.1, 0.15) is 17.5 Å². The molecule has 8 heteroatoms. The van der Waals surface area contributed by atoms with Crippen molar-refractivity contribution in [2.75, 3.05) is 13.6 Å². The number of aromatic nitrogens is 3. The Labute approximate surface area is 180 Å². The van der Waals surface area contributed by atoms with Gasteiger partial charge in [-0.1, -0.05) is 6.92 Å². The van der Waals surface area contributed by atoms with Crippen LogP contribution in [-0.2, 0) is 6.42 Å². The molecule has 1 aliphatic rings. The second-order valence-corrected chi connectivity index (χ2v) is 7.91. The second-order valence-electron chi connectivity index (χ2n) is 7.91. The van der Waals surface area contributed by atoms with E-state index in [-0.39, 0.29) is 29.7 Å². The van der Waals surface area contributed by atoms with Crippen LogP contribution in [0, 0.1) is 0 Å². The lowest BCUT2D eigenvalue weighted by Crippen LogP contribution is -2.61. The van der Waals surface area contributed by atoms with Gasteiger partial charge in [-0.3, -0.25) is 19.5 Å². The summed E-state index contributed by atoms with van der Waals surface area (Å²) in [5, 5.41) is 2.55. The van der Waals surface area contributed by atoms with Crippen LogP contribution < -0.4 is 15.6 Å². The molecular weight excluding hydrogens is 394 g/mol. The molecule has 8 nitrogen and oxygen atoms in total. The highest BCUT2D eigenvalue weighted by Gasteiger charge is 2.40. The number of likely N-dealkylation sites (tertiary alicyclic amines) is 1. The number of carbonyl (C=O) groups excluding carboxylic acids is 1. The molecule has 0 aromatic carbocycles. The highest BCUT2D eigenvalue weighted by Crippen LogP contribution is 2.33. The normalized spacial score (nSPS) is 19.6. The lowest BCUT2D eigenvalue weighted by atomic mass is 9.95. The monoisotopic (exact) mass is 421 g/mol. The van der Waals surface area contributed by atoms with Crippen molar-refractivity contribution < 1.29 is 9.53 Å². The third-order valence-electron chi connectivity index (χ3n) is 6.09. The van der Waals surface area contributed by atoms with Gasteiger partial charge >= 0.3 is 0 Å². The Hall–Kier alpha value is -3.26. The van der Waals surface area contributed by atoms with Gasteiger partial charge in [-0.2, -0.15) is 0 Å². The van der Waals surface area contributed by atoms with Gasteiger partial charge in [-0.25, -0.2) is 4.98 Å². The average molecular weight is 422 g/mol. The number of hydrogen-bond acceptors (Lipinski definition) is 6. The molecule has 0 spiro atoms. The Morgan fingerprint density at radius 1 is 1.32 bits per heavy atom. The largest absolute Gasteiger partial charge is 0.486 e. The molecule has 4 heterocycles. The molecule has 4 rings (SSSR count). The van der Waals surface area contributed by atoms with Crippen molar-refractivity contribution in [1.82, 2.24) is 25.2 Å². The zero-order chi connectivity index (χ0) is 22.1. The summed E-state index contributed by atoms with van der Waals surface area (Å²) in [6.07, 6.45) is 4.18. The van der Waals surface area contributed by atoms with Crippen molar-refractivity contribution in [3.63, 3.8) is 0 Å². The van der Waals surface area contributed by atoms with Gasteiger partial charge in [0.15, 0.2) is 0 Å². The van der Waals surface area contributed by atoms with Gasteiger partial charge in [0, 0.05) is 37.4 Å². The minimum absolute atomic E-state index is 0.0374. The number of carbonyl (C=O) groups is 1. The van der Waals surface area contributed by atoms with Crippen molar-refractivity contribution in [2.24, 2.45) is 0 Å². The predicted molar refractivity (Wildman–Crippen MR) is 118 cm³/mol. The van der Waals surface area contributed by atoms with Gasteiger partial charge in [-0.05, 0) is 50.1 Å². The molecule has 31 heavy (non-hydrogen) atoms. The van der Waals surface area contributed by atoms with Gasteiger partial charge in [0.2, 0.25) is 0 Å². The van der Waals surface area contributed by atoms with E-state index in [0.717, 1.165) is 28.7 Å². The molecule has 0 unspecified atom stereocenters. The van der Waals surface area contributed by atoms with Gasteiger partial charge in [0.05, 0.1) is 17.2 Å². The number of ether oxygens (including phenoxy) is 1. The Balaban J connectivity index is 1.43. The summed E-state index contributed by atoms with van der Waals surface area (Å²) in [5.74, 6) is 0.424. The van der Waals surface area contributed by atoms with Gasteiger partial charge in [0.25, 0.3) is 11.5 Å². The SMILES string of the molecule is CCc1cc2ncc([C@H](C)N3C[C@H](Oc4ccc(C(=O)NC)nc4)[C@H]3C)cc2[nH]c1=O. The van der Waals surface area contributed by atoms with Crippen LogP contribution >= 0.6 is 0 Å². The van der Waals surface area contributed by atoms with Crippen LogP contribution in [0.2, 0.25) is 0 Å². The van der Waals surface area contributed by atoms with Crippen LogP contribution in [0.15, 0.2) is 41.5 Å².